The summed E-state index contributed by atoms with van der Waals surface area (Å²) in [4.78, 5) is 14.1. The van der Waals surface area contributed by atoms with Crippen LogP contribution in [-0.4, -0.2) is 16.4 Å². The molecule has 0 saturated carbocycles. The summed E-state index contributed by atoms with van der Waals surface area (Å²) in [6.07, 6.45) is 0.434. The van der Waals surface area contributed by atoms with Crippen LogP contribution in [0.3, 0.4) is 0 Å². The quantitative estimate of drug-likeness (QED) is 0.787. The lowest BCUT2D eigenvalue weighted by Crippen LogP contribution is -1.85. The Morgan fingerprint density at radius 2 is 2.27 bits per heavy atom. The molecule has 0 N–H and O–H groups in total. The summed E-state index contributed by atoms with van der Waals surface area (Å²) in [5, 5.41) is 3.55. The summed E-state index contributed by atoms with van der Waals surface area (Å²) in [6, 6.07) is 4.08. The van der Waals surface area contributed by atoms with E-state index in [-0.39, 0.29) is 11.7 Å². The Balaban J connectivity index is 2.52. The van der Waals surface area contributed by atoms with E-state index in [1.54, 1.807) is 0 Å². The number of hydrogen-bond acceptors (Lipinski definition) is 4. The zero-order valence-electron chi connectivity index (χ0n) is 7.28. The van der Waals surface area contributed by atoms with Crippen LogP contribution in [0.2, 0.25) is 0 Å². The molecule has 0 fully saturated rings. The molecular weight excluding hydrogens is 267 g/mol. The van der Waals surface area contributed by atoms with E-state index >= 15 is 0 Å². The summed E-state index contributed by atoms with van der Waals surface area (Å²) >= 11 is 3.22. The second-order valence-electron chi connectivity index (χ2n) is 2.70. The normalized spacial score (nSPS) is 10.3. The van der Waals surface area contributed by atoms with E-state index in [1.807, 2.05) is 0 Å². The molecule has 0 aliphatic rings. The third-order valence-electron chi connectivity index (χ3n) is 1.71. The van der Waals surface area contributed by atoms with Crippen LogP contribution in [0.1, 0.15) is 10.7 Å². The minimum absolute atomic E-state index is 0.138. The first-order valence-corrected chi connectivity index (χ1v) is 4.74. The fourth-order valence-electron chi connectivity index (χ4n) is 1.06. The molecule has 0 saturated heterocycles. The van der Waals surface area contributed by atoms with Crippen LogP contribution in [0.5, 0.6) is 0 Å². The summed E-state index contributed by atoms with van der Waals surface area (Å²) in [6.45, 7) is 0. The van der Waals surface area contributed by atoms with Gasteiger partial charge in [0.2, 0.25) is 12.1 Å². The van der Waals surface area contributed by atoms with Gasteiger partial charge in [0.05, 0.1) is 0 Å². The molecule has 0 bridgehead atoms. The summed E-state index contributed by atoms with van der Waals surface area (Å²) in [5.74, 6) is -0.379. The molecule has 2 rings (SSSR count). The molecule has 0 amide bonds. The maximum atomic E-state index is 12.9. The van der Waals surface area contributed by atoms with Gasteiger partial charge in [-0.05, 0) is 18.2 Å². The molecule has 76 valence electrons. The summed E-state index contributed by atoms with van der Waals surface area (Å²) < 4.78 is 18.2. The van der Waals surface area contributed by atoms with Crippen LogP contribution in [0.15, 0.2) is 27.2 Å². The summed E-state index contributed by atoms with van der Waals surface area (Å²) in [7, 11) is 0. The molecule has 0 aliphatic carbocycles. The predicted molar refractivity (Wildman–Crippen MR) is 52.8 cm³/mol. The zero-order chi connectivity index (χ0) is 10.8. The van der Waals surface area contributed by atoms with E-state index in [2.05, 4.69) is 30.6 Å². The summed E-state index contributed by atoms with van der Waals surface area (Å²) in [5.41, 5.74) is 0.437. The number of rotatable bonds is 2. The van der Waals surface area contributed by atoms with E-state index in [0.29, 0.717) is 16.3 Å². The molecule has 1 aromatic carbocycles. The van der Waals surface area contributed by atoms with Crippen LogP contribution >= 0.6 is 15.9 Å². The van der Waals surface area contributed by atoms with Crippen LogP contribution in [0.4, 0.5) is 4.39 Å². The highest BCUT2D eigenvalue weighted by molar-refractivity contribution is 9.10. The molecule has 0 atom stereocenters. The van der Waals surface area contributed by atoms with Crippen molar-refractivity contribution >= 4 is 22.2 Å². The Kier molecular flexibility index (Phi) is 2.59. The molecule has 2 aromatic rings. The number of carbonyl (C=O) groups is 1. The van der Waals surface area contributed by atoms with Crippen LogP contribution < -0.4 is 0 Å². The lowest BCUT2D eigenvalue weighted by Gasteiger charge is -1.97. The van der Waals surface area contributed by atoms with E-state index in [0.717, 1.165) is 0 Å². The molecule has 1 heterocycles. The monoisotopic (exact) mass is 270 g/mol. The SMILES string of the molecule is O=Cc1nc(-c2cc(F)ccc2Br)no1. The minimum atomic E-state index is -0.411. The van der Waals surface area contributed by atoms with Gasteiger partial charge in [0.15, 0.2) is 0 Å². The number of aromatic nitrogens is 2. The number of nitrogens with zero attached hydrogens (tertiary/aromatic N) is 2. The van der Waals surface area contributed by atoms with E-state index < -0.39 is 5.82 Å². The van der Waals surface area contributed by atoms with Gasteiger partial charge in [-0.2, -0.15) is 4.98 Å². The van der Waals surface area contributed by atoms with Gasteiger partial charge >= 0.3 is 0 Å². The smallest absolute Gasteiger partial charge is 0.291 e. The molecule has 15 heavy (non-hydrogen) atoms. The lowest BCUT2D eigenvalue weighted by molar-refractivity contribution is 0.108. The maximum absolute atomic E-state index is 12.9. The predicted octanol–water partition coefficient (Wildman–Crippen LogP) is 2.45. The van der Waals surface area contributed by atoms with Gasteiger partial charge in [-0.1, -0.05) is 21.1 Å². The average molecular weight is 271 g/mol. The van der Waals surface area contributed by atoms with Crippen molar-refractivity contribution in [1.82, 2.24) is 10.1 Å². The highest BCUT2D eigenvalue weighted by Crippen LogP contribution is 2.26. The molecule has 0 radical (unpaired) electrons. The Morgan fingerprint density at radius 1 is 1.47 bits per heavy atom. The second kappa shape index (κ2) is 3.90. The molecule has 0 aliphatic heterocycles. The Labute approximate surface area is 92.2 Å². The largest absolute Gasteiger partial charge is 0.331 e. The number of hydrogen-bond donors (Lipinski definition) is 0. The van der Waals surface area contributed by atoms with Gasteiger partial charge < -0.3 is 4.52 Å². The Morgan fingerprint density at radius 3 is 2.93 bits per heavy atom. The van der Waals surface area contributed by atoms with Crippen molar-refractivity contribution in [3.8, 4) is 11.4 Å². The Hall–Kier alpha value is -1.56. The third kappa shape index (κ3) is 1.94. The molecule has 1 aromatic heterocycles. The van der Waals surface area contributed by atoms with Crippen LogP contribution in [-0.2, 0) is 0 Å². The highest BCUT2D eigenvalue weighted by Gasteiger charge is 2.11. The van der Waals surface area contributed by atoms with E-state index in [9.17, 15) is 9.18 Å². The number of benzene rings is 1. The number of halogens is 2. The van der Waals surface area contributed by atoms with Gasteiger partial charge in [-0.25, -0.2) is 4.39 Å². The first kappa shape index (κ1) is 9.97. The van der Waals surface area contributed by atoms with Gasteiger partial charge in [0.25, 0.3) is 5.89 Å². The zero-order valence-corrected chi connectivity index (χ0v) is 8.86. The number of carbonyl (C=O) groups excluding carboxylic acids is 1. The van der Waals surface area contributed by atoms with Gasteiger partial charge in [0.1, 0.15) is 5.82 Å². The van der Waals surface area contributed by atoms with Crippen molar-refractivity contribution in [3.05, 3.63) is 34.4 Å². The molecule has 0 unspecified atom stereocenters. The van der Waals surface area contributed by atoms with Gasteiger partial charge in [-0.3, -0.25) is 4.79 Å². The van der Waals surface area contributed by atoms with Crippen molar-refractivity contribution in [2.45, 2.75) is 0 Å². The van der Waals surface area contributed by atoms with Crippen molar-refractivity contribution in [2.24, 2.45) is 0 Å². The van der Waals surface area contributed by atoms with Crippen molar-refractivity contribution in [1.29, 1.82) is 0 Å². The molecule has 0 spiro atoms. The van der Waals surface area contributed by atoms with Crippen LogP contribution in [0.25, 0.3) is 11.4 Å². The third-order valence-corrected chi connectivity index (χ3v) is 2.40. The van der Waals surface area contributed by atoms with Gasteiger partial charge in [-0.15, -0.1) is 0 Å². The van der Waals surface area contributed by atoms with Crippen molar-refractivity contribution < 1.29 is 13.7 Å². The molecule has 6 heteroatoms. The average Bonchev–Trinajstić information content (AvgIpc) is 2.70. The topological polar surface area (TPSA) is 56.0 Å². The van der Waals surface area contributed by atoms with E-state index in [1.165, 1.54) is 18.2 Å². The Bertz CT molecular complexity index is 513. The molecular formula is C9H4BrFN2O2. The van der Waals surface area contributed by atoms with Crippen LogP contribution in [0, 0.1) is 5.82 Å². The molecule has 4 nitrogen and oxygen atoms in total. The fraction of sp³-hybridized carbons (Fsp3) is 0. The highest BCUT2D eigenvalue weighted by atomic mass is 79.9. The van der Waals surface area contributed by atoms with Gasteiger partial charge in [0, 0.05) is 10.0 Å². The van der Waals surface area contributed by atoms with E-state index in [4.69, 9.17) is 0 Å². The van der Waals surface area contributed by atoms with Crippen molar-refractivity contribution in [2.75, 3.05) is 0 Å². The first-order valence-electron chi connectivity index (χ1n) is 3.95. The van der Waals surface area contributed by atoms with Crippen molar-refractivity contribution in [3.63, 3.8) is 0 Å². The standard InChI is InChI=1S/C9H4BrFN2O2/c10-7-2-1-5(11)3-6(7)9-12-8(4-14)15-13-9/h1-4H. The first-order chi connectivity index (χ1) is 7.20. The fourth-order valence-corrected chi connectivity index (χ4v) is 1.49. The minimum Gasteiger partial charge on any atom is -0.331 e. The second-order valence-corrected chi connectivity index (χ2v) is 3.55. The number of aldehydes is 1. The maximum Gasteiger partial charge on any atom is 0.291 e. The lowest BCUT2D eigenvalue weighted by atomic mass is 10.2.